The molecule has 0 unspecified atom stereocenters. The quantitative estimate of drug-likeness (QED) is 0.844. The molecule has 104 valence electrons. The summed E-state index contributed by atoms with van der Waals surface area (Å²) < 4.78 is 13.5. The van der Waals surface area contributed by atoms with Crippen molar-refractivity contribution in [3.63, 3.8) is 0 Å². The molecule has 0 radical (unpaired) electrons. The second kappa shape index (κ2) is 6.05. The lowest BCUT2D eigenvalue weighted by Gasteiger charge is -2.10. The summed E-state index contributed by atoms with van der Waals surface area (Å²) in [6.45, 7) is 2.24. The van der Waals surface area contributed by atoms with Gasteiger partial charge >= 0.3 is 0 Å². The highest BCUT2D eigenvalue weighted by Gasteiger charge is 2.13. The number of carbonyl (C=O) groups excluding carboxylic acids is 1. The monoisotopic (exact) mass is 336 g/mol. The third kappa shape index (κ3) is 2.99. The standard InChI is InChI=1S/C15H14BrFN2O/c1-9-10(4-2-7-13(9)18)8-19-15(20)11-5-3-6-12(17)14(11)16/h2-7H,8,18H2,1H3,(H,19,20). The molecule has 0 aliphatic heterocycles. The Morgan fingerprint density at radius 1 is 1.30 bits per heavy atom. The molecule has 0 bridgehead atoms. The Labute approximate surface area is 125 Å². The third-order valence-corrected chi connectivity index (χ3v) is 3.93. The second-order valence-electron chi connectivity index (χ2n) is 4.42. The number of nitrogens with two attached hydrogens (primary N) is 1. The first-order valence-corrected chi connectivity index (χ1v) is 6.86. The van der Waals surface area contributed by atoms with Crippen LogP contribution in [0.5, 0.6) is 0 Å². The van der Waals surface area contributed by atoms with Gasteiger partial charge in [-0.1, -0.05) is 18.2 Å². The maximum absolute atomic E-state index is 13.4. The van der Waals surface area contributed by atoms with Crippen LogP contribution in [0, 0.1) is 12.7 Å². The predicted molar refractivity (Wildman–Crippen MR) is 80.9 cm³/mol. The molecule has 1 amide bonds. The van der Waals surface area contributed by atoms with Crippen molar-refractivity contribution in [1.82, 2.24) is 5.32 Å². The lowest BCUT2D eigenvalue weighted by molar-refractivity contribution is 0.0949. The SMILES string of the molecule is Cc1c(N)cccc1CNC(=O)c1cccc(F)c1Br. The van der Waals surface area contributed by atoms with Crippen LogP contribution in [0.1, 0.15) is 21.5 Å². The minimum Gasteiger partial charge on any atom is -0.399 e. The van der Waals surface area contributed by atoms with E-state index >= 15 is 0 Å². The van der Waals surface area contributed by atoms with Gasteiger partial charge in [0.2, 0.25) is 0 Å². The number of nitrogens with one attached hydrogen (secondary N) is 1. The van der Waals surface area contributed by atoms with Crippen molar-refractivity contribution in [2.24, 2.45) is 0 Å². The van der Waals surface area contributed by atoms with Crippen molar-refractivity contribution >= 4 is 27.5 Å². The van der Waals surface area contributed by atoms with Crippen LogP contribution in [0.25, 0.3) is 0 Å². The molecule has 0 aromatic heterocycles. The molecule has 2 rings (SSSR count). The van der Waals surface area contributed by atoms with Gasteiger partial charge in [-0.25, -0.2) is 4.39 Å². The lowest BCUT2D eigenvalue weighted by Crippen LogP contribution is -2.24. The maximum atomic E-state index is 13.4. The van der Waals surface area contributed by atoms with Crippen molar-refractivity contribution in [1.29, 1.82) is 0 Å². The Balaban J connectivity index is 2.13. The highest BCUT2D eigenvalue weighted by atomic mass is 79.9. The van der Waals surface area contributed by atoms with E-state index in [4.69, 9.17) is 5.73 Å². The van der Waals surface area contributed by atoms with Crippen LogP contribution in [0.2, 0.25) is 0 Å². The van der Waals surface area contributed by atoms with Gasteiger partial charge in [-0.2, -0.15) is 0 Å². The summed E-state index contributed by atoms with van der Waals surface area (Å²) in [6.07, 6.45) is 0. The number of hydrogen-bond donors (Lipinski definition) is 2. The fraction of sp³-hybridized carbons (Fsp3) is 0.133. The van der Waals surface area contributed by atoms with E-state index in [1.165, 1.54) is 12.1 Å². The second-order valence-corrected chi connectivity index (χ2v) is 5.21. The topological polar surface area (TPSA) is 55.1 Å². The Hall–Kier alpha value is -1.88. The van der Waals surface area contributed by atoms with E-state index in [-0.39, 0.29) is 15.9 Å². The van der Waals surface area contributed by atoms with E-state index in [1.807, 2.05) is 25.1 Å². The first-order valence-electron chi connectivity index (χ1n) is 6.07. The highest BCUT2D eigenvalue weighted by Crippen LogP contribution is 2.20. The van der Waals surface area contributed by atoms with E-state index in [0.29, 0.717) is 12.2 Å². The number of amides is 1. The van der Waals surface area contributed by atoms with Crippen molar-refractivity contribution in [3.05, 3.63) is 63.4 Å². The minimum atomic E-state index is -0.460. The normalized spacial score (nSPS) is 10.3. The predicted octanol–water partition coefficient (Wildman–Crippen LogP) is 3.41. The summed E-state index contributed by atoms with van der Waals surface area (Å²) in [5.41, 5.74) is 8.64. The van der Waals surface area contributed by atoms with Gasteiger partial charge in [-0.05, 0) is 52.2 Å². The number of hydrogen-bond acceptors (Lipinski definition) is 2. The van der Waals surface area contributed by atoms with E-state index in [9.17, 15) is 9.18 Å². The van der Waals surface area contributed by atoms with Crippen molar-refractivity contribution in [2.75, 3.05) is 5.73 Å². The molecule has 0 spiro atoms. The average Bonchev–Trinajstić information content (AvgIpc) is 2.43. The molecule has 2 aromatic rings. The molecular formula is C15H14BrFN2O. The number of nitrogen functional groups attached to an aromatic ring is 1. The zero-order chi connectivity index (χ0) is 14.7. The molecule has 0 saturated carbocycles. The van der Waals surface area contributed by atoms with E-state index in [2.05, 4.69) is 21.2 Å². The van der Waals surface area contributed by atoms with Gasteiger partial charge in [0.15, 0.2) is 0 Å². The van der Waals surface area contributed by atoms with Crippen LogP contribution >= 0.6 is 15.9 Å². The molecule has 5 heteroatoms. The first-order chi connectivity index (χ1) is 9.50. The highest BCUT2D eigenvalue weighted by molar-refractivity contribution is 9.10. The van der Waals surface area contributed by atoms with Crippen LogP contribution in [0.4, 0.5) is 10.1 Å². The number of anilines is 1. The summed E-state index contributed by atoms with van der Waals surface area (Å²) in [4.78, 5) is 12.0. The van der Waals surface area contributed by atoms with Gasteiger partial charge in [0.05, 0.1) is 10.0 Å². The zero-order valence-electron chi connectivity index (χ0n) is 10.9. The van der Waals surface area contributed by atoms with E-state index < -0.39 is 5.82 Å². The molecule has 0 aliphatic rings. The smallest absolute Gasteiger partial charge is 0.252 e. The summed E-state index contributed by atoms with van der Waals surface area (Å²) in [5, 5.41) is 2.76. The minimum absolute atomic E-state index is 0.168. The number of rotatable bonds is 3. The number of carbonyl (C=O) groups is 1. The maximum Gasteiger partial charge on any atom is 0.252 e. The molecule has 0 aliphatic carbocycles. The number of halogens is 2. The van der Waals surface area contributed by atoms with E-state index in [0.717, 1.165) is 11.1 Å². The fourth-order valence-electron chi connectivity index (χ4n) is 1.84. The van der Waals surface area contributed by atoms with E-state index in [1.54, 1.807) is 6.07 Å². The molecular weight excluding hydrogens is 323 g/mol. The van der Waals surface area contributed by atoms with Crippen LogP contribution in [0.3, 0.4) is 0 Å². The van der Waals surface area contributed by atoms with Crippen molar-refractivity contribution < 1.29 is 9.18 Å². The Morgan fingerprint density at radius 3 is 2.75 bits per heavy atom. The molecule has 0 saturated heterocycles. The van der Waals surface area contributed by atoms with Gasteiger partial charge in [0.25, 0.3) is 5.91 Å². The summed E-state index contributed by atoms with van der Waals surface area (Å²) in [6, 6.07) is 9.90. The summed E-state index contributed by atoms with van der Waals surface area (Å²) >= 11 is 3.08. The van der Waals surface area contributed by atoms with Crippen LogP contribution < -0.4 is 11.1 Å². The molecule has 0 fully saturated rings. The average molecular weight is 337 g/mol. The summed E-state index contributed by atoms with van der Waals surface area (Å²) in [5.74, 6) is -0.795. The number of benzene rings is 2. The largest absolute Gasteiger partial charge is 0.399 e. The lowest BCUT2D eigenvalue weighted by atomic mass is 10.1. The van der Waals surface area contributed by atoms with Gasteiger partial charge in [-0.3, -0.25) is 4.79 Å². The van der Waals surface area contributed by atoms with Gasteiger partial charge in [0.1, 0.15) is 5.82 Å². The molecule has 0 atom stereocenters. The van der Waals surface area contributed by atoms with Crippen LogP contribution in [-0.2, 0) is 6.54 Å². The zero-order valence-corrected chi connectivity index (χ0v) is 12.5. The Morgan fingerprint density at radius 2 is 2.00 bits per heavy atom. The molecule has 2 aromatic carbocycles. The Bertz CT molecular complexity index is 658. The van der Waals surface area contributed by atoms with Crippen LogP contribution in [0.15, 0.2) is 40.9 Å². The Kier molecular flexibility index (Phi) is 4.39. The van der Waals surface area contributed by atoms with Crippen LogP contribution in [-0.4, -0.2) is 5.91 Å². The first kappa shape index (κ1) is 14.5. The van der Waals surface area contributed by atoms with Gasteiger partial charge in [0, 0.05) is 12.2 Å². The fourth-order valence-corrected chi connectivity index (χ4v) is 2.29. The molecule has 3 nitrogen and oxygen atoms in total. The van der Waals surface area contributed by atoms with Crippen molar-refractivity contribution in [2.45, 2.75) is 13.5 Å². The summed E-state index contributed by atoms with van der Waals surface area (Å²) in [7, 11) is 0. The molecule has 0 heterocycles. The van der Waals surface area contributed by atoms with Crippen molar-refractivity contribution in [3.8, 4) is 0 Å². The molecule has 20 heavy (non-hydrogen) atoms. The van der Waals surface area contributed by atoms with Gasteiger partial charge < -0.3 is 11.1 Å². The van der Waals surface area contributed by atoms with Gasteiger partial charge in [-0.15, -0.1) is 0 Å². The third-order valence-electron chi connectivity index (χ3n) is 3.12. The molecule has 3 N–H and O–H groups in total.